The molecule has 1 heterocycles. The van der Waals surface area contributed by atoms with Crippen LogP contribution in [0.5, 0.6) is 5.75 Å². The third-order valence-electron chi connectivity index (χ3n) is 7.29. The van der Waals surface area contributed by atoms with Crippen molar-refractivity contribution in [2.24, 2.45) is 0 Å². The first-order chi connectivity index (χ1) is 20.6. The average molecular weight is 605 g/mol. The molecule has 1 saturated carbocycles. The number of ether oxygens (including phenoxy) is 1. The van der Waals surface area contributed by atoms with Crippen molar-refractivity contribution in [3.05, 3.63) is 108 Å². The Morgan fingerprint density at radius 2 is 1.70 bits per heavy atom. The van der Waals surface area contributed by atoms with E-state index in [2.05, 4.69) is 20.2 Å². The van der Waals surface area contributed by atoms with Crippen molar-refractivity contribution in [2.45, 2.75) is 37.3 Å². The van der Waals surface area contributed by atoms with E-state index < -0.39 is 33.7 Å². The number of amides is 3. The third-order valence-corrected chi connectivity index (χ3v) is 8.34. The van der Waals surface area contributed by atoms with Crippen LogP contribution in [0.2, 0.25) is 0 Å². The molecule has 3 amide bonds. The molecular weight excluding hydrogens is 572 g/mol. The Morgan fingerprint density at radius 3 is 2.30 bits per heavy atom. The van der Waals surface area contributed by atoms with Crippen LogP contribution in [0.1, 0.15) is 41.2 Å². The molecule has 1 aromatic heterocycles. The number of urea groups is 1. The Labute approximate surface area is 249 Å². The molecule has 3 atom stereocenters. The van der Waals surface area contributed by atoms with Crippen LogP contribution in [0.15, 0.2) is 89.5 Å². The lowest BCUT2D eigenvalue weighted by Gasteiger charge is -2.26. The fourth-order valence-corrected chi connectivity index (χ4v) is 5.96. The number of hydrogen-bond acceptors (Lipinski definition) is 8. The number of nitrogens with one attached hydrogen (secondary N) is 3. The minimum Gasteiger partial charge on any atom is -0.497 e. The molecule has 224 valence electrons. The van der Waals surface area contributed by atoms with Gasteiger partial charge in [0.15, 0.2) is 5.82 Å². The van der Waals surface area contributed by atoms with Crippen LogP contribution in [0, 0.1) is 6.92 Å². The summed E-state index contributed by atoms with van der Waals surface area (Å²) in [5.41, 5.74) is 0.863. The number of benzene rings is 3. The Morgan fingerprint density at radius 1 is 1.05 bits per heavy atom. The van der Waals surface area contributed by atoms with Crippen molar-refractivity contribution in [3.8, 4) is 5.75 Å². The van der Waals surface area contributed by atoms with Crippen LogP contribution in [-0.2, 0) is 21.4 Å². The topological polar surface area (TPSA) is 156 Å². The van der Waals surface area contributed by atoms with Crippen LogP contribution in [0.3, 0.4) is 0 Å². The standard InChI is InChI=1S/C30H32N6O6S/c1-20-31-27(42-33-20)26(18-21-10-6-4-7-11-21)34-43(39,40)35-29(38)32-30(19-25(30)22-12-8-5-9-13-22)28(37)36(2)23-14-16-24(41-3)17-15-23/h4-17,25-26,34H,18-19H2,1-3H3,(H2,32,35,38)/t25-,26+,30?/m1/s1. The summed E-state index contributed by atoms with van der Waals surface area (Å²) in [5.74, 6) is 0.251. The number of aryl methyl sites for hydroxylation is 1. The van der Waals surface area contributed by atoms with Gasteiger partial charge in [-0.3, -0.25) is 4.79 Å². The van der Waals surface area contributed by atoms with Crippen molar-refractivity contribution >= 4 is 27.8 Å². The molecule has 5 rings (SSSR count). The van der Waals surface area contributed by atoms with Gasteiger partial charge in [-0.15, -0.1) is 0 Å². The SMILES string of the molecule is COc1ccc(N(C)C(=O)C2(NC(=O)NS(=O)(=O)N[C@@H](Cc3ccccc3)c3nc(C)no3)C[C@@H]2c2ccccc2)cc1. The molecule has 1 aliphatic rings. The summed E-state index contributed by atoms with van der Waals surface area (Å²) in [6.45, 7) is 1.62. The number of likely N-dealkylation sites (N-methyl/N-ethyl adjacent to an activating group) is 1. The lowest BCUT2D eigenvalue weighted by molar-refractivity contribution is -0.121. The molecule has 0 bridgehead atoms. The summed E-state index contributed by atoms with van der Waals surface area (Å²) in [7, 11) is -1.30. The lowest BCUT2D eigenvalue weighted by Crippen LogP contribution is -2.56. The smallest absolute Gasteiger partial charge is 0.330 e. The van der Waals surface area contributed by atoms with Gasteiger partial charge in [-0.05, 0) is 55.2 Å². The molecule has 4 aromatic rings. The maximum atomic E-state index is 13.9. The van der Waals surface area contributed by atoms with E-state index in [0.29, 0.717) is 17.3 Å². The van der Waals surface area contributed by atoms with Gasteiger partial charge in [-0.25, -0.2) is 9.52 Å². The zero-order valence-electron chi connectivity index (χ0n) is 23.9. The number of methoxy groups -OCH3 is 1. The Hall–Kier alpha value is -4.75. The van der Waals surface area contributed by atoms with Gasteiger partial charge in [-0.2, -0.15) is 18.1 Å². The van der Waals surface area contributed by atoms with Gasteiger partial charge in [-0.1, -0.05) is 65.8 Å². The molecule has 1 aliphatic carbocycles. The van der Waals surface area contributed by atoms with Gasteiger partial charge < -0.3 is 19.5 Å². The minimum absolute atomic E-state index is 0.0474. The monoisotopic (exact) mass is 604 g/mol. The summed E-state index contributed by atoms with van der Waals surface area (Å²) in [6, 6.07) is 23.3. The second kappa shape index (κ2) is 12.2. The van der Waals surface area contributed by atoms with E-state index in [4.69, 9.17) is 9.26 Å². The first kappa shape index (κ1) is 29.7. The second-order valence-electron chi connectivity index (χ2n) is 10.3. The molecule has 13 heteroatoms. The first-order valence-corrected chi connectivity index (χ1v) is 15.0. The number of hydrogen-bond donors (Lipinski definition) is 3. The normalized spacial score (nSPS) is 18.3. The van der Waals surface area contributed by atoms with Crippen molar-refractivity contribution in [1.29, 1.82) is 0 Å². The summed E-state index contributed by atoms with van der Waals surface area (Å²) >= 11 is 0. The quantitative estimate of drug-likeness (QED) is 0.235. The van der Waals surface area contributed by atoms with Crippen LogP contribution >= 0.6 is 0 Å². The van der Waals surface area contributed by atoms with Crippen molar-refractivity contribution in [3.63, 3.8) is 0 Å². The van der Waals surface area contributed by atoms with Crippen LogP contribution in [0.25, 0.3) is 0 Å². The molecule has 0 aliphatic heterocycles. The van der Waals surface area contributed by atoms with Crippen molar-refractivity contribution in [1.82, 2.24) is 24.9 Å². The fraction of sp³-hybridized carbons (Fsp3) is 0.267. The maximum absolute atomic E-state index is 13.9. The largest absolute Gasteiger partial charge is 0.497 e. The van der Waals surface area contributed by atoms with E-state index in [0.717, 1.165) is 11.1 Å². The molecule has 0 spiro atoms. The van der Waals surface area contributed by atoms with Crippen LogP contribution in [0.4, 0.5) is 10.5 Å². The van der Waals surface area contributed by atoms with E-state index in [1.807, 2.05) is 65.4 Å². The molecular formula is C30H32N6O6S. The Balaban J connectivity index is 1.35. The van der Waals surface area contributed by atoms with E-state index in [1.54, 1.807) is 45.3 Å². The number of nitrogens with zero attached hydrogens (tertiary/aromatic N) is 3. The van der Waals surface area contributed by atoms with Gasteiger partial charge in [0.1, 0.15) is 17.3 Å². The molecule has 1 unspecified atom stereocenters. The molecule has 0 saturated heterocycles. The number of anilines is 1. The molecule has 43 heavy (non-hydrogen) atoms. The molecule has 1 fully saturated rings. The highest BCUT2D eigenvalue weighted by atomic mass is 32.2. The summed E-state index contributed by atoms with van der Waals surface area (Å²) in [6.07, 6.45) is 0.477. The number of aromatic nitrogens is 2. The van der Waals surface area contributed by atoms with Gasteiger partial charge in [0.2, 0.25) is 5.89 Å². The summed E-state index contributed by atoms with van der Waals surface area (Å²) in [4.78, 5) is 32.7. The Kier molecular flexibility index (Phi) is 8.46. The highest BCUT2D eigenvalue weighted by Crippen LogP contribution is 2.52. The predicted molar refractivity (Wildman–Crippen MR) is 159 cm³/mol. The fourth-order valence-electron chi connectivity index (χ4n) is 5.05. The zero-order chi connectivity index (χ0) is 30.6. The highest BCUT2D eigenvalue weighted by molar-refractivity contribution is 7.88. The van der Waals surface area contributed by atoms with Gasteiger partial charge in [0.25, 0.3) is 5.91 Å². The zero-order valence-corrected chi connectivity index (χ0v) is 24.7. The minimum atomic E-state index is -4.45. The van der Waals surface area contributed by atoms with Gasteiger partial charge in [0, 0.05) is 18.7 Å². The average Bonchev–Trinajstić information content (AvgIpc) is 3.56. The molecule has 12 nitrogen and oxygen atoms in total. The molecule has 3 aromatic carbocycles. The third kappa shape index (κ3) is 6.84. The lowest BCUT2D eigenvalue weighted by atomic mass is 10.0. The summed E-state index contributed by atoms with van der Waals surface area (Å²) in [5, 5.41) is 6.44. The van der Waals surface area contributed by atoms with Gasteiger partial charge in [0.05, 0.1) is 7.11 Å². The molecule has 3 N–H and O–H groups in total. The van der Waals surface area contributed by atoms with E-state index >= 15 is 0 Å². The number of rotatable bonds is 11. The van der Waals surface area contributed by atoms with Crippen molar-refractivity contribution in [2.75, 3.05) is 19.1 Å². The number of carbonyl (C=O) groups is 2. The van der Waals surface area contributed by atoms with E-state index in [-0.39, 0.29) is 24.7 Å². The van der Waals surface area contributed by atoms with Crippen LogP contribution in [-0.4, -0.2) is 50.2 Å². The number of carbonyl (C=O) groups excluding carboxylic acids is 2. The second-order valence-corrected chi connectivity index (χ2v) is 11.7. The summed E-state index contributed by atoms with van der Waals surface area (Å²) < 4.78 is 41.3. The predicted octanol–water partition coefficient (Wildman–Crippen LogP) is 3.39. The van der Waals surface area contributed by atoms with Crippen LogP contribution < -0.4 is 24.4 Å². The maximum Gasteiger partial charge on any atom is 0.330 e. The molecule has 0 radical (unpaired) electrons. The van der Waals surface area contributed by atoms with E-state index in [9.17, 15) is 18.0 Å². The van der Waals surface area contributed by atoms with Crippen molar-refractivity contribution < 1.29 is 27.3 Å². The van der Waals surface area contributed by atoms with Gasteiger partial charge >= 0.3 is 16.2 Å². The Bertz CT molecular complexity index is 1680. The highest BCUT2D eigenvalue weighted by Gasteiger charge is 2.63. The van der Waals surface area contributed by atoms with E-state index in [1.165, 1.54) is 4.90 Å². The first-order valence-electron chi connectivity index (χ1n) is 13.5.